The highest BCUT2D eigenvalue weighted by Gasteiger charge is 2.26. The van der Waals surface area contributed by atoms with Crippen LogP contribution in [0, 0.1) is 0 Å². The normalized spacial score (nSPS) is 16.1. The van der Waals surface area contributed by atoms with E-state index >= 15 is 0 Å². The summed E-state index contributed by atoms with van der Waals surface area (Å²) in [4.78, 5) is 17.6. The standard InChI is InChI=1S/C16H11NO2S/c18-16-14(11-20-13-9-5-2-6-10-13)15(17-19-16)12-7-3-1-4-8-12/h1-11H. The molecule has 0 aromatic heterocycles. The molecule has 3 nitrogen and oxygen atoms in total. The number of hydrogen-bond acceptors (Lipinski definition) is 4. The Hall–Kier alpha value is -2.33. The molecular weight excluding hydrogens is 270 g/mol. The Morgan fingerprint density at radius 2 is 1.60 bits per heavy atom. The maximum atomic E-state index is 11.8. The number of rotatable bonds is 3. The van der Waals surface area contributed by atoms with Crippen LogP contribution in [0.4, 0.5) is 0 Å². The first-order chi connectivity index (χ1) is 9.84. The van der Waals surface area contributed by atoms with Gasteiger partial charge in [0.15, 0.2) is 0 Å². The van der Waals surface area contributed by atoms with E-state index in [-0.39, 0.29) is 0 Å². The van der Waals surface area contributed by atoms with Crippen molar-refractivity contribution in [2.45, 2.75) is 4.90 Å². The molecule has 0 aliphatic carbocycles. The molecule has 0 bridgehead atoms. The zero-order chi connectivity index (χ0) is 13.8. The number of hydrogen-bond donors (Lipinski definition) is 0. The van der Waals surface area contributed by atoms with E-state index in [9.17, 15) is 4.79 Å². The average molecular weight is 281 g/mol. The highest BCUT2D eigenvalue weighted by atomic mass is 32.2. The first-order valence-corrected chi connectivity index (χ1v) is 6.99. The fourth-order valence-corrected chi connectivity index (χ4v) is 2.59. The van der Waals surface area contributed by atoms with Crippen LogP contribution < -0.4 is 0 Å². The Morgan fingerprint density at radius 1 is 0.950 bits per heavy atom. The molecule has 0 fully saturated rings. The highest BCUT2D eigenvalue weighted by Crippen LogP contribution is 2.25. The zero-order valence-corrected chi connectivity index (χ0v) is 11.3. The summed E-state index contributed by atoms with van der Waals surface area (Å²) in [6, 6.07) is 19.4. The summed E-state index contributed by atoms with van der Waals surface area (Å²) < 4.78 is 0. The maximum Gasteiger partial charge on any atom is 0.368 e. The Balaban J connectivity index is 1.87. The minimum absolute atomic E-state index is 0.410. The quantitative estimate of drug-likeness (QED) is 0.490. The summed E-state index contributed by atoms with van der Waals surface area (Å²) in [5, 5.41) is 5.65. The van der Waals surface area contributed by atoms with E-state index < -0.39 is 5.97 Å². The van der Waals surface area contributed by atoms with Gasteiger partial charge in [-0.3, -0.25) is 0 Å². The third-order valence-electron chi connectivity index (χ3n) is 2.80. The van der Waals surface area contributed by atoms with Crippen LogP contribution in [0.5, 0.6) is 0 Å². The Morgan fingerprint density at radius 3 is 2.30 bits per heavy atom. The van der Waals surface area contributed by atoms with Crippen LogP contribution in [0.15, 0.2) is 81.7 Å². The number of oxime groups is 1. The molecule has 2 aromatic carbocycles. The third-order valence-corrected chi connectivity index (χ3v) is 3.70. The minimum atomic E-state index is -0.410. The van der Waals surface area contributed by atoms with E-state index in [2.05, 4.69) is 5.16 Å². The van der Waals surface area contributed by atoms with Gasteiger partial charge in [-0.05, 0) is 17.5 Å². The van der Waals surface area contributed by atoms with E-state index in [1.54, 1.807) is 5.41 Å². The lowest BCUT2D eigenvalue weighted by Crippen LogP contribution is -2.06. The first-order valence-electron chi connectivity index (χ1n) is 6.11. The van der Waals surface area contributed by atoms with E-state index in [1.807, 2.05) is 60.7 Å². The summed E-state index contributed by atoms with van der Waals surface area (Å²) >= 11 is 1.48. The van der Waals surface area contributed by atoms with Crippen LogP contribution in [0.25, 0.3) is 0 Å². The largest absolute Gasteiger partial charge is 0.368 e. The smallest absolute Gasteiger partial charge is 0.312 e. The lowest BCUT2D eigenvalue weighted by atomic mass is 10.1. The predicted octanol–water partition coefficient (Wildman–Crippen LogP) is 3.62. The van der Waals surface area contributed by atoms with Crippen molar-refractivity contribution in [2.75, 3.05) is 0 Å². The number of thioether (sulfide) groups is 1. The molecule has 1 aliphatic rings. The van der Waals surface area contributed by atoms with E-state index in [1.165, 1.54) is 11.8 Å². The van der Waals surface area contributed by atoms with Crippen molar-refractivity contribution in [3.8, 4) is 0 Å². The summed E-state index contributed by atoms with van der Waals surface area (Å²) in [5.74, 6) is -0.410. The van der Waals surface area contributed by atoms with Gasteiger partial charge in [0.1, 0.15) is 5.71 Å². The molecule has 0 amide bonds. The maximum absolute atomic E-state index is 11.8. The highest BCUT2D eigenvalue weighted by molar-refractivity contribution is 8.02. The van der Waals surface area contributed by atoms with Crippen LogP contribution in [0.3, 0.4) is 0 Å². The van der Waals surface area contributed by atoms with Crippen LogP contribution in [0.1, 0.15) is 5.56 Å². The van der Waals surface area contributed by atoms with Gasteiger partial charge in [0.25, 0.3) is 0 Å². The molecule has 1 aliphatic heterocycles. The van der Waals surface area contributed by atoms with Crippen LogP contribution >= 0.6 is 11.8 Å². The van der Waals surface area contributed by atoms with Gasteiger partial charge in [0.05, 0.1) is 5.57 Å². The molecule has 0 radical (unpaired) electrons. The van der Waals surface area contributed by atoms with Gasteiger partial charge >= 0.3 is 5.97 Å². The molecule has 20 heavy (non-hydrogen) atoms. The van der Waals surface area contributed by atoms with Crippen LogP contribution in [-0.2, 0) is 9.63 Å². The van der Waals surface area contributed by atoms with Crippen molar-refractivity contribution < 1.29 is 9.63 Å². The number of carbonyl (C=O) groups is 1. The van der Waals surface area contributed by atoms with Crippen molar-refractivity contribution >= 4 is 23.4 Å². The van der Waals surface area contributed by atoms with E-state index in [4.69, 9.17) is 4.84 Å². The molecule has 4 heteroatoms. The number of nitrogens with zero attached hydrogens (tertiary/aromatic N) is 1. The molecule has 0 spiro atoms. The monoisotopic (exact) mass is 281 g/mol. The molecule has 0 unspecified atom stereocenters. The van der Waals surface area contributed by atoms with E-state index in [0.717, 1.165) is 10.5 Å². The Kier molecular flexibility index (Phi) is 3.65. The lowest BCUT2D eigenvalue weighted by Gasteiger charge is -2.00. The van der Waals surface area contributed by atoms with Crippen LogP contribution in [-0.4, -0.2) is 11.7 Å². The second-order valence-electron chi connectivity index (χ2n) is 4.15. The molecule has 98 valence electrons. The molecule has 0 atom stereocenters. The van der Waals surface area contributed by atoms with Crippen molar-refractivity contribution in [1.82, 2.24) is 0 Å². The lowest BCUT2D eigenvalue weighted by molar-refractivity contribution is -0.136. The second kappa shape index (κ2) is 5.75. The van der Waals surface area contributed by atoms with Crippen molar-refractivity contribution in [2.24, 2.45) is 5.16 Å². The minimum Gasteiger partial charge on any atom is -0.312 e. The van der Waals surface area contributed by atoms with Gasteiger partial charge in [-0.1, -0.05) is 65.4 Å². The SMILES string of the molecule is O=C1ON=C(c2ccccc2)C1=CSc1ccccc1. The van der Waals surface area contributed by atoms with Gasteiger partial charge in [-0.15, -0.1) is 0 Å². The molecule has 3 rings (SSSR count). The summed E-state index contributed by atoms with van der Waals surface area (Å²) in [5.41, 5.74) is 1.95. The fourth-order valence-electron chi connectivity index (χ4n) is 1.82. The summed E-state index contributed by atoms with van der Waals surface area (Å²) in [6.07, 6.45) is 0. The molecule has 2 aromatic rings. The molecule has 0 saturated carbocycles. The molecule has 0 saturated heterocycles. The van der Waals surface area contributed by atoms with Crippen molar-refractivity contribution in [3.63, 3.8) is 0 Å². The number of benzene rings is 2. The predicted molar refractivity (Wildman–Crippen MR) is 79.5 cm³/mol. The van der Waals surface area contributed by atoms with Crippen molar-refractivity contribution in [1.29, 1.82) is 0 Å². The second-order valence-corrected chi connectivity index (χ2v) is 5.09. The Bertz CT molecular complexity index is 678. The molecule has 0 N–H and O–H groups in total. The van der Waals surface area contributed by atoms with Gasteiger partial charge in [-0.25, -0.2) is 4.79 Å². The molecular formula is C16H11NO2S. The topological polar surface area (TPSA) is 38.7 Å². The van der Waals surface area contributed by atoms with Gasteiger partial charge in [0, 0.05) is 10.5 Å². The third kappa shape index (κ3) is 2.65. The first kappa shape index (κ1) is 12.7. The van der Waals surface area contributed by atoms with Crippen molar-refractivity contribution in [3.05, 3.63) is 77.2 Å². The van der Waals surface area contributed by atoms with Crippen LogP contribution in [0.2, 0.25) is 0 Å². The zero-order valence-electron chi connectivity index (χ0n) is 10.5. The average Bonchev–Trinajstić information content (AvgIpc) is 2.88. The van der Waals surface area contributed by atoms with Gasteiger partial charge < -0.3 is 4.84 Å². The van der Waals surface area contributed by atoms with Gasteiger partial charge in [-0.2, -0.15) is 0 Å². The summed E-state index contributed by atoms with van der Waals surface area (Å²) in [7, 11) is 0. The van der Waals surface area contributed by atoms with Gasteiger partial charge in [0.2, 0.25) is 0 Å². The summed E-state index contributed by atoms with van der Waals surface area (Å²) in [6.45, 7) is 0. The molecule has 1 heterocycles. The van der Waals surface area contributed by atoms with E-state index in [0.29, 0.717) is 11.3 Å². The number of carbonyl (C=O) groups excluding carboxylic acids is 1. The Labute approximate surface area is 121 Å². The fraction of sp³-hybridized carbons (Fsp3) is 0.